The van der Waals surface area contributed by atoms with Crippen LogP contribution in [0.4, 0.5) is 0 Å². The molecule has 7 nitrogen and oxygen atoms in total. The Labute approximate surface area is 122 Å². The zero-order valence-electron chi connectivity index (χ0n) is 12.3. The van der Waals surface area contributed by atoms with E-state index in [1.165, 1.54) is 0 Å². The van der Waals surface area contributed by atoms with E-state index in [0.717, 1.165) is 0 Å². The predicted molar refractivity (Wildman–Crippen MR) is 75.9 cm³/mol. The number of rotatable bonds is 6. The summed E-state index contributed by atoms with van der Waals surface area (Å²) in [7, 11) is 1.64. The van der Waals surface area contributed by atoms with Crippen LogP contribution in [0.15, 0.2) is 24.4 Å². The largest absolute Gasteiger partial charge is 0.476 e. The third-order valence-electron chi connectivity index (χ3n) is 3.32. The number of aryl methyl sites for hydroxylation is 1. The number of hydrogen-bond donors (Lipinski definition) is 1. The minimum Gasteiger partial charge on any atom is -0.476 e. The maximum atomic E-state index is 11.3. The molecule has 112 valence electrons. The van der Waals surface area contributed by atoms with Crippen LogP contribution in [0.25, 0.3) is 11.4 Å². The summed E-state index contributed by atoms with van der Waals surface area (Å²) in [6, 6.07) is 5.31. The van der Waals surface area contributed by atoms with Crippen LogP contribution < -0.4 is 0 Å². The Balaban J connectivity index is 2.37. The second-order valence-electron chi connectivity index (χ2n) is 5.24. The quantitative estimate of drug-likeness (QED) is 0.873. The lowest BCUT2D eigenvalue weighted by molar-refractivity contribution is 0.0113. The molecular formula is C14H18N4O3. The first kappa shape index (κ1) is 15.1. The van der Waals surface area contributed by atoms with E-state index in [9.17, 15) is 9.90 Å². The van der Waals surface area contributed by atoms with Crippen LogP contribution in [0.5, 0.6) is 0 Å². The molecule has 2 aromatic rings. The summed E-state index contributed by atoms with van der Waals surface area (Å²) >= 11 is 0. The Morgan fingerprint density at radius 1 is 1.43 bits per heavy atom. The first-order chi connectivity index (χ1) is 9.94. The van der Waals surface area contributed by atoms with E-state index >= 15 is 0 Å². The van der Waals surface area contributed by atoms with Crippen LogP contribution in [0.1, 0.15) is 30.8 Å². The molecule has 0 aliphatic rings. The van der Waals surface area contributed by atoms with Crippen LogP contribution in [0.3, 0.4) is 0 Å². The first-order valence-corrected chi connectivity index (χ1v) is 6.58. The van der Waals surface area contributed by atoms with E-state index in [4.69, 9.17) is 4.74 Å². The van der Waals surface area contributed by atoms with Gasteiger partial charge in [-0.05, 0) is 32.4 Å². The van der Waals surface area contributed by atoms with Crippen molar-refractivity contribution in [2.45, 2.75) is 32.4 Å². The molecule has 2 heterocycles. The molecule has 0 aliphatic heterocycles. The molecule has 2 rings (SSSR count). The van der Waals surface area contributed by atoms with Crippen molar-refractivity contribution in [1.82, 2.24) is 20.0 Å². The number of aromatic nitrogens is 4. The summed E-state index contributed by atoms with van der Waals surface area (Å²) in [5, 5.41) is 16.9. The van der Waals surface area contributed by atoms with Gasteiger partial charge in [0.2, 0.25) is 0 Å². The van der Waals surface area contributed by atoms with Crippen molar-refractivity contribution in [3.05, 3.63) is 30.1 Å². The number of pyridine rings is 1. The fraction of sp³-hybridized carbons (Fsp3) is 0.429. The van der Waals surface area contributed by atoms with Gasteiger partial charge in [0.25, 0.3) is 0 Å². The van der Waals surface area contributed by atoms with Crippen molar-refractivity contribution in [2.24, 2.45) is 0 Å². The van der Waals surface area contributed by atoms with Crippen molar-refractivity contribution in [2.75, 3.05) is 7.11 Å². The Morgan fingerprint density at radius 3 is 2.76 bits per heavy atom. The first-order valence-electron chi connectivity index (χ1n) is 6.58. The second kappa shape index (κ2) is 6.01. The van der Waals surface area contributed by atoms with Crippen molar-refractivity contribution in [1.29, 1.82) is 0 Å². The van der Waals surface area contributed by atoms with Crippen molar-refractivity contribution in [3.63, 3.8) is 0 Å². The zero-order valence-corrected chi connectivity index (χ0v) is 12.3. The van der Waals surface area contributed by atoms with E-state index in [1.54, 1.807) is 36.2 Å². The van der Waals surface area contributed by atoms with Crippen LogP contribution >= 0.6 is 0 Å². The molecule has 0 fully saturated rings. The minimum absolute atomic E-state index is 0.0936. The van der Waals surface area contributed by atoms with Gasteiger partial charge in [0.15, 0.2) is 5.69 Å². The van der Waals surface area contributed by atoms with Crippen molar-refractivity contribution < 1.29 is 14.6 Å². The summed E-state index contributed by atoms with van der Waals surface area (Å²) in [5.41, 5.74) is 0.533. The Hall–Kier alpha value is -2.28. The monoisotopic (exact) mass is 290 g/mol. The van der Waals surface area contributed by atoms with Crippen molar-refractivity contribution >= 4 is 5.97 Å². The standard InChI is InChI=1S/C14H18N4O3/c1-14(2,21-3)7-9-18-12(10-6-4-5-8-15-10)11(13(19)20)16-17-18/h4-6,8H,7,9H2,1-3H3,(H,19,20). The lowest BCUT2D eigenvalue weighted by Gasteiger charge is -2.22. The molecule has 0 unspecified atom stereocenters. The summed E-state index contributed by atoms with van der Waals surface area (Å²) < 4.78 is 6.93. The van der Waals surface area contributed by atoms with Gasteiger partial charge in [0.05, 0.1) is 11.3 Å². The Kier molecular flexibility index (Phi) is 4.32. The number of carbonyl (C=O) groups is 1. The average Bonchev–Trinajstić information content (AvgIpc) is 2.90. The van der Waals surface area contributed by atoms with E-state index in [-0.39, 0.29) is 11.3 Å². The molecule has 0 spiro atoms. The maximum absolute atomic E-state index is 11.3. The van der Waals surface area contributed by atoms with Gasteiger partial charge >= 0.3 is 5.97 Å². The molecule has 7 heteroatoms. The molecule has 0 atom stereocenters. The van der Waals surface area contributed by atoms with Gasteiger partial charge in [-0.1, -0.05) is 11.3 Å². The highest BCUT2D eigenvalue weighted by Gasteiger charge is 2.23. The van der Waals surface area contributed by atoms with Gasteiger partial charge in [0.1, 0.15) is 5.69 Å². The number of methoxy groups -OCH3 is 1. The highest BCUT2D eigenvalue weighted by atomic mass is 16.5. The number of carboxylic acids is 1. The summed E-state index contributed by atoms with van der Waals surface area (Å²) in [4.78, 5) is 15.5. The number of hydrogen-bond acceptors (Lipinski definition) is 5. The number of aromatic carboxylic acids is 1. The Morgan fingerprint density at radius 2 is 2.19 bits per heavy atom. The van der Waals surface area contributed by atoms with Gasteiger partial charge in [-0.2, -0.15) is 0 Å². The SMILES string of the molecule is COC(C)(C)CCn1nnc(C(=O)O)c1-c1ccccn1. The molecule has 1 N–H and O–H groups in total. The topological polar surface area (TPSA) is 90.1 Å². The molecule has 0 saturated heterocycles. The maximum Gasteiger partial charge on any atom is 0.358 e. The smallest absolute Gasteiger partial charge is 0.358 e. The van der Waals surface area contributed by atoms with Crippen LogP contribution in [-0.2, 0) is 11.3 Å². The normalized spacial score (nSPS) is 11.6. The number of ether oxygens (including phenoxy) is 1. The van der Waals surface area contributed by atoms with E-state index < -0.39 is 5.97 Å². The van der Waals surface area contributed by atoms with Crippen LogP contribution in [0, 0.1) is 0 Å². The third kappa shape index (κ3) is 3.43. The summed E-state index contributed by atoms with van der Waals surface area (Å²) in [6.07, 6.45) is 2.28. The molecule has 0 bridgehead atoms. The highest BCUT2D eigenvalue weighted by molar-refractivity contribution is 5.92. The Bertz CT molecular complexity index is 622. The molecule has 0 radical (unpaired) electrons. The lowest BCUT2D eigenvalue weighted by atomic mass is 10.1. The zero-order chi connectivity index (χ0) is 15.5. The highest BCUT2D eigenvalue weighted by Crippen LogP contribution is 2.22. The van der Waals surface area contributed by atoms with Gasteiger partial charge in [-0.25, -0.2) is 9.48 Å². The summed E-state index contributed by atoms with van der Waals surface area (Å²) in [6.45, 7) is 4.41. The molecule has 21 heavy (non-hydrogen) atoms. The molecule has 0 aliphatic carbocycles. The minimum atomic E-state index is -1.12. The van der Waals surface area contributed by atoms with E-state index in [2.05, 4.69) is 15.3 Å². The predicted octanol–water partition coefficient (Wildman–Crippen LogP) is 1.85. The number of nitrogens with zero attached hydrogens (tertiary/aromatic N) is 4. The van der Waals surface area contributed by atoms with Gasteiger partial charge < -0.3 is 9.84 Å². The van der Waals surface area contributed by atoms with Gasteiger partial charge in [-0.15, -0.1) is 5.10 Å². The van der Waals surface area contributed by atoms with Crippen molar-refractivity contribution in [3.8, 4) is 11.4 Å². The van der Waals surface area contributed by atoms with Gasteiger partial charge in [-0.3, -0.25) is 4.98 Å². The molecule has 0 aromatic carbocycles. The van der Waals surface area contributed by atoms with Crippen LogP contribution in [0.2, 0.25) is 0 Å². The van der Waals surface area contributed by atoms with Gasteiger partial charge in [0, 0.05) is 19.9 Å². The average molecular weight is 290 g/mol. The molecule has 0 amide bonds. The third-order valence-corrected chi connectivity index (χ3v) is 3.32. The number of carboxylic acid groups (broad SMARTS) is 1. The molecule has 0 saturated carbocycles. The van der Waals surface area contributed by atoms with E-state index in [1.807, 2.05) is 13.8 Å². The second-order valence-corrected chi connectivity index (χ2v) is 5.24. The fourth-order valence-corrected chi connectivity index (χ4v) is 1.85. The molecular weight excluding hydrogens is 272 g/mol. The summed E-state index contributed by atoms with van der Waals surface area (Å²) in [5.74, 6) is -1.12. The van der Waals surface area contributed by atoms with E-state index in [0.29, 0.717) is 24.4 Å². The molecule has 2 aromatic heterocycles. The lowest BCUT2D eigenvalue weighted by Crippen LogP contribution is -2.25. The van der Waals surface area contributed by atoms with Crippen LogP contribution in [-0.4, -0.2) is 43.8 Å². The fourth-order valence-electron chi connectivity index (χ4n) is 1.85.